The first-order valence-corrected chi connectivity index (χ1v) is 5.28. The number of hydrogen-bond acceptors (Lipinski definition) is 3. The largest absolute Gasteiger partial charge is 0.481 e. The highest BCUT2D eigenvalue weighted by Gasteiger charge is 1.98. The van der Waals surface area contributed by atoms with Gasteiger partial charge in [-0.05, 0) is 17.7 Å². The van der Waals surface area contributed by atoms with Crippen molar-refractivity contribution in [1.29, 1.82) is 0 Å². The maximum absolute atomic E-state index is 10.3. The first-order valence-electron chi connectivity index (χ1n) is 5.28. The van der Waals surface area contributed by atoms with Gasteiger partial charge in [0, 0.05) is 32.9 Å². The highest BCUT2D eigenvalue weighted by atomic mass is 16.4. The van der Waals surface area contributed by atoms with E-state index in [0.29, 0.717) is 13.1 Å². The van der Waals surface area contributed by atoms with E-state index in [0.717, 1.165) is 11.3 Å². The van der Waals surface area contributed by atoms with Gasteiger partial charge in [0.15, 0.2) is 0 Å². The molecule has 0 radical (unpaired) electrons. The van der Waals surface area contributed by atoms with Crippen LogP contribution >= 0.6 is 0 Å². The molecule has 0 bridgehead atoms. The van der Waals surface area contributed by atoms with E-state index in [4.69, 9.17) is 5.11 Å². The quantitative estimate of drug-likeness (QED) is 0.713. The summed E-state index contributed by atoms with van der Waals surface area (Å²) in [4.78, 5) is 12.3. The molecular formula is C12H18N2O2. The third-order valence-electron chi connectivity index (χ3n) is 2.30. The number of aliphatic carboxylic acids is 1. The molecule has 0 aliphatic rings. The molecule has 4 heteroatoms. The van der Waals surface area contributed by atoms with Crippen molar-refractivity contribution in [3.05, 3.63) is 29.8 Å². The van der Waals surface area contributed by atoms with Crippen molar-refractivity contribution in [3.8, 4) is 0 Å². The molecule has 0 unspecified atom stereocenters. The average Bonchev–Trinajstić information content (AvgIpc) is 2.25. The van der Waals surface area contributed by atoms with E-state index in [9.17, 15) is 4.79 Å². The lowest BCUT2D eigenvalue weighted by Gasteiger charge is -2.12. The molecule has 0 amide bonds. The van der Waals surface area contributed by atoms with E-state index in [1.165, 1.54) is 0 Å². The zero-order chi connectivity index (χ0) is 12.0. The topological polar surface area (TPSA) is 52.6 Å². The lowest BCUT2D eigenvalue weighted by molar-refractivity contribution is -0.136. The normalized spacial score (nSPS) is 10.1. The zero-order valence-corrected chi connectivity index (χ0v) is 9.73. The van der Waals surface area contributed by atoms with Crippen LogP contribution in [0.4, 0.5) is 5.69 Å². The van der Waals surface area contributed by atoms with Crippen LogP contribution in [0.1, 0.15) is 12.0 Å². The van der Waals surface area contributed by atoms with Crippen LogP contribution in [0, 0.1) is 0 Å². The van der Waals surface area contributed by atoms with Crippen LogP contribution in [-0.4, -0.2) is 31.7 Å². The summed E-state index contributed by atoms with van der Waals surface area (Å²) in [7, 11) is 4.00. The van der Waals surface area contributed by atoms with Gasteiger partial charge in [-0.1, -0.05) is 12.1 Å². The second-order valence-corrected chi connectivity index (χ2v) is 3.88. The van der Waals surface area contributed by atoms with Gasteiger partial charge in [-0.2, -0.15) is 0 Å². The van der Waals surface area contributed by atoms with Crippen LogP contribution in [0.25, 0.3) is 0 Å². The Labute approximate surface area is 95.9 Å². The molecule has 1 aromatic rings. The Balaban J connectivity index is 2.35. The molecule has 0 spiro atoms. The fourth-order valence-corrected chi connectivity index (χ4v) is 1.34. The van der Waals surface area contributed by atoms with Crippen LogP contribution < -0.4 is 10.2 Å². The number of nitrogens with one attached hydrogen (secondary N) is 1. The summed E-state index contributed by atoms with van der Waals surface area (Å²) >= 11 is 0. The molecule has 0 saturated carbocycles. The first-order chi connectivity index (χ1) is 7.59. The number of carboxylic acid groups (broad SMARTS) is 1. The van der Waals surface area contributed by atoms with Crippen molar-refractivity contribution >= 4 is 11.7 Å². The average molecular weight is 222 g/mol. The molecule has 0 fully saturated rings. The number of carboxylic acids is 1. The summed E-state index contributed by atoms with van der Waals surface area (Å²) in [6, 6.07) is 8.19. The van der Waals surface area contributed by atoms with Crippen molar-refractivity contribution in [2.75, 3.05) is 25.5 Å². The molecular weight excluding hydrogens is 204 g/mol. The standard InChI is InChI=1S/C12H18N2O2/c1-14(2)11-5-3-10(4-6-11)9-13-8-7-12(15)16/h3-6,13H,7-9H2,1-2H3,(H,15,16). The lowest BCUT2D eigenvalue weighted by Crippen LogP contribution is -2.17. The van der Waals surface area contributed by atoms with Crippen LogP contribution in [-0.2, 0) is 11.3 Å². The molecule has 88 valence electrons. The van der Waals surface area contributed by atoms with Crippen LogP contribution in [0.2, 0.25) is 0 Å². The van der Waals surface area contributed by atoms with Gasteiger partial charge in [-0.3, -0.25) is 4.79 Å². The molecule has 1 aromatic carbocycles. The smallest absolute Gasteiger partial charge is 0.304 e. The zero-order valence-electron chi connectivity index (χ0n) is 9.73. The van der Waals surface area contributed by atoms with Gasteiger partial charge >= 0.3 is 5.97 Å². The predicted molar refractivity (Wildman–Crippen MR) is 64.7 cm³/mol. The highest BCUT2D eigenvalue weighted by Crippen LogP contribution is 2.11. The molecule has 2 N–H and O–H groups in total. The molecule has 0 saturated heterocycles. The second-order valence-electron chi connectivity index (χ2n) is 3.88. The molecule has 0 aliphatic heterocycles. The van der Waals surface area contributed by atoms with Gasteiger partial charge in [0.1, 0.15) is 0 Å². The predicted octanol–water partition coefficient (Wildman–Crippen LogP) is 1.32. The molecule has 0 aliphatic carbocycles. The van der Waals surface area contributed by atoms with E-state index in [1.807, 2.05) is 43.3 Å². The van der Waals surface area contributed by atoms with E-state index in [-0.39, 0.29) is 6.42 Å². The van der Waals surface area contributed by atoms with E-state index in [1.54, 1.807) is 0 Å². The third-order valence-corrected chi connectivity index (χ3v) is 2.30. The first kappa shape index (κ1) is 12.5. The van der Waals surface area contributed by atoms with Gasteiger partial charge in [-0.15, -0.1) is 0 Å². The summed E-state index contributed by atoms with van der Waals surface area (Å²) in [5.74, 6) is -0.768. The van der Waals surface area contributed by atoms with Gasteiger partial charge in [0.05, 0.1) is 6.42 Å². The van der Waals surface area contributed by atoms with E-state index in [2.05, 4.69) is 5.32 Å². The Bertz CT molecular complexity index is 333. The Morgan fingerprint density at radius 1 is 1.31 bits per heavy atom. The lowest BCUT2D eigenvalue weighted by atomic mass is 10.2. The Kier molecular flexibility index (Phi) is 4.79. The minimum atomic E-state index is -0.768. The van der Waals surface area contributed by atoms with Crippen LogP contribution in [0.3, 0.4) is 0 Å². The third kappa shape index (κ3) is 4.31. The summed E-state index contributed by atoms with van der Waals surface area (Å²) in [6.45, 7) is 1.21. The maximum Gasteiger partial charge on any atom is 0.304 e. The van der Waals surface area contributed by atoms with E-state index >= 15 is 0 Å². The second kappa shape index (κ2) is 6.12. The van der Waals surface area contributed by atoms with Crippen LogP contribution in [0.15, 0.2) is 24.3 Å². The minimum Gasteiger partial charge on any atom is -0.481 e. The maximum atomic E-state index is 10.3. The van der Waals surface area contributed by atoms with Crippen molar-refractivity contribution in [3.63, 3.8) is 0 Å². The molecule has 0 aromatic heterocycles. The Morgan fingerprint density at radius 3 is 2.44 bits per heavy atom. The number of nitrogens with zero attached hydrogens (tertiary/aromatic N) is 1. The SMILES string of the molecule is CN(C)c1ccc(CNCCC(=O)O)cc1. The molecule has 16 heavy (non-hydrogen) atoms. The minimum absolute atomic E-state index is 0.162. The summed E-state index contributed by atoms with van der Waals surface area (Å²) in [6.07, 6.45) is 0.162. The molecule has 0 heterocycles. The monoisotopic (exact) mass is 222 g/mol. The van der Waals surface area contributed by atoms with Gasteiger partial charge < -0.3 is 15.3 Å². The van der Waals surface area contributed by atoms with Gasteiger partial charge in [-0.25, -0.2) is 0 Å². The van der Waals surface area contributed by atoms with Crippen molar-refractivity contribution in [2.24, 2.45) is 0 Å². The van der Waals surface area contributed by atoms with Crippen molar-refractivity contribution in [2.45, 2.75) is 13.0 Å². The molecule has 1 rings (SSSR count). The number of rotatable bonds is 6. The Morgan fingerprint density at radius 2 is 1.94 bits per heavy atom. The number of anilines is 1. The number of hydrogen-bond donors (Lipinski definition) is 2. The molecule has 0 atom stereocenters. The van der Waals surface area contributed by atoms with Crippen molar-refractivity contribution < 1.29 is 9.90 Å². The Hall–Kier alpha value is -1.55. The summed E-state index contributed by atoms with van der Waals surface area (Å²) in [5, 5.41) is 11.5. The van der Waals surface area contributed by atoms with Gasteiger partial charge in [0.25, 0.3) is 0 Å². The summed E-state index contributed by atoms with van der Waals surface area (Å²) in [5.41, 5.74) is 2.32. The fourth-order valence-electron chi connectivity index (χ4n) is 1.34. The van der Waals surface area contributed by atoms with Crippen LogP contribution in [0.5, 0.6) is 0 Å². The number of benzene rings is 1. The summed E-state index contributed by atoms with van der Waals surface area (Å²) < 4.78 is 0. The highest BCUT2D eigenvalue weighted by molar-refractivity contribution is 5.66. The van der Waals surface area contributed by atoms with E-state index < -0.39 is 5.97 Å². The number of carbonyl (C=O) groups is 1. The molecule has 4 nitrogen and oxygen atoms in total. The van der Waals surface area contributed by atoms with Gasteiger partial charge in [0.2, 0.25) is 0 Å². The van der Waals surface area contributed by atoms with Crippen molar-refractivity contribution in [1.82, 2.24) is 5.32 Å². The fraction of sp³-hybridized carbons (Fsp3) is 0.417.